The monoisotopic (exact) mass is 363 g/mol. The number of para-hydroxylation sites is 1. The maximum atomic E-state index is 12.8. The number of hydrogen-bond donors (Lipinski definition) is 0. The summed E-state index contributed by atoms with van der Waals surface area (Å²) in [6.45, 7) is 2.89. The van der Waals surface area contributed by atoms with Gasteiger partial charge in [-0.2, -0.15) is 0 Å². The molecule has 2 aromatic carbocycles. The Hall–Kier alpha value is -2.88. The molecule has 0 N–H and O–H groups in total. The van der Waals surface area contributed by atoms with E-state index in [0.29, 0.717) is 19.6 Å². The molecular formula is C23H25NO3. The van der Waals surface area contributed by atoms with E-state index in [4.69, 9.17) is 4.74 Å². The van der Waals surface area contributed by atoms with Crippen LogP contribution in [0.4, 0.5) is 0 Å². The van der Waals surface area contributed by atoms with Crippen LogP contribution < -0.4 is 5.56 Å². The van der Waals surface area contributed by atoms with Crippen molar-refractivity contribution < 1.29 is 9.53 Å². The first-order valence-electron chi connectivity index (χ1n) is 9.54. The topological polar surface area (TPSA) is 48.3 Å². The summed E-state index contributed by atoms with van der Waals surface area (Å²) in [5.74, 6) is -0.146. The Labute approximate surface area is 159 Å². The van der Waals surface area contributed by atoms with E-state index in [2.05, 4.69) is 6.07 Å². The zero-order valence-corrected chi connectivity index (χ0v) is 15.7. The lowest BCUT2D eigenvalue weighted by Gasteiger charge is -2.14. The summed E-state index contributed by atoms with van der Waals surface area (Å²) >= 11 is 0. The van der Waals surface area contributed by atoms with E-state index in [1.807, 2.05) is 60.0 Å². The second kappa shape index (κ2) is 9.17. The number of carbonyl (C=O) groups excluding carboxylic acids is 1. The Bertz CT molecular complexity index is 960. The second-order valence-electron chi connectivity index (χ2n) is 6.55. The van der Waals surface area contributed by atoms with Crippen LogP contribution in [0.25, 0.3) is 22.0 Å². The third-order valence-electron chi connectivity index (χ3n) is 4.67. The molecule has 3 rings (SSSR count). The molecule has 0 atom stereocenters. The normalized spacial score (nSPS) is 10.9. The van der Waals surface area contributed by atoms with Crippen molar-refractivity contribution in [1.82, 2.24) is 4.57 Å². The van der Waals surface area contributed by atoms with E-state index in [1.165, 1.54) is 0 Å². The summed E-state index contributed by atoms with van der Waals surface area (Å²) in [7, 11) is 0. The third-order valence-corrected chi connectivity index (χ3v) is 4.67. The first kappa shape index (κ1) is 18.9. The van der Waals surface area contributed by atoms with Gasteiger partial charge in [0.25, 0.3) is 5.56 Å². The van der Waals surface area contributed by atoms with Crippen molar-refractivity contribution in [2.24, 2.45) is 0 Å². The molecule has 0 aliphatic heterocycles. The second-order valence-corrected chi connectivity index (χ2v) is 6.55. The first-order valence-corrected chi connectivity index (χ1v) is 9.54. The molecule has 4 heteroatoms. The predicted molar refractivity (Wildman–Crippen MR) is 109 cm³/mol. The average molecular weight is 363 g/mol. The fraction of sp³-hybridized carbons (Fsp3) is 0.304. The van der Waals surface area contributed by atoms with Gasteiger partial charge in [0.1, 0.15) is 0 Å². The lowest BCUT2D eigenvalue weighted by atomic mass is 10.0. The lowest BCUT2D eigenvalue weighted by molar-refractivity contribution is -0.143. The first-order chi connectivity index (χ1) is 13.2. The molecule has 4 nitrogen and oxygen atoms in total. The minimum absolute atomic E-state index is 0.0120. The number of rotatable bonds is 8. The Balaban J connectivity index is 1.78. The summed E-state index contributed by atoms with van der Waals surface area (Å²) in [5, 5.41) is 1.08. The van der Waals surface area contributed by atoms with Crippen LogP contribution in [-0.2, 0) is 16.1 Å². The molecule has 0 spiro atoms. The van der Waals surface area contributed by atoms with Crippen LogP contribution in [-0.4, -0.2) is 17.1 Å². The number of aryl methyl sites for hydroxylation is 1. The highest BCUT2D eigenvalue weighted by atomic mass is 16.5. The minimum atomic E-state index is -0.146. The van der Waals surface area contributed by atoms with Crippen molar-refractivity contribution in [1.29, 1.82) is 0 Å². The van der Waals surface area contributed by atoms with E-state index in [1.54, 1.807) is 6.07 Å². The summed E-state index contributed by atoms with van der Waals surface area (Å²) in [4.78, 5) is 24.2. The van der Waals surface area contributed by atoms with Crippen LogP contribution >= 0.6 is 0 Å². The van der Waals surface area contributed by atoms with Crippen molar-refractivity contribution in [2.45, 2.75) is 39.2 Å². The molecule has 3 aromatic rings. The maximum Gasteiger partial charge on any atom is 0.305 e. The number of nitrogens with zero attached hydrogens (tertiary/aromatic N) is 1. The van der Waals surface area contributed by atoms with E-state index in [0.717, 1.165) is 41.3 Å². The lowest BCUT2D eigenvalue weighted by Crippen LogP contribution is -2.20. The molecule has 0 bridgehead atoms. The predicted octanol–water partition coefficient (Wildman–Crippen LogP) is 4.79. The van der Waals surface area contributed by atoms with E-state index < -0.39 is 0 Å². The summed E-state index contributed by atoms with van der Waals surface area (Å²) in [6, 6.07) is 19.8. The molecule has 1 heterocycles. The van der Waals surface area contributed by atoms with Crippen molar-refractivity contribution in [3.05, 3.63) is 71.0 Å². The van der Waals surface area contributed by atoms with Crippen LogP contribution in [0.2, 0.25) is 0 Å². The molecular weight excluding hydrogens is 338 g/mol. The van der Waals surface area contributed by atoms with Gasteiger partial charge >= 0.3 is 5.97 Å². The van der Waals surface area contributed by atoms with Gasteiger partial charge in [0, 0.05) is 24.4 Å². The number of aromatic nitrogens is 1. The number of esters is 1. The zero-order valence-electron chi connectivity index (χ0n) is 15.7. The standard InChI is InChI=1S/C23H25NO3/c1-2-27-23(26)15-7-4-10-16-24-21-14-9-8-13-19(21)20(17-22(24)25)18-11-5-3-6-12-18/h3,5-6,8-9,11-14,17H,2,4,7,10,15-16H2,1H3. The van der Waals surface area contributed by atoms with Crippen LogP contribution in [0.5, 0.6) is 0 Å². The molecule has 1 aromatic heterocycles. The Morgan fingerprint density at radius 2 is 1.70 bits per heavy atom. The summed E-state index contributed by atoms with van der Waals surface area (Å²) in [6.07, 6.45) is 2.97. The molecule has 0 unspecified atom stereocenters. The Morgan fingerprint density at radius 3 is 2.48 bits per heavy atom. The number of hydrogen-bond acceptors (Lipinski definition) is 3. The largest absolute Gasteiger partial charge is 0.466 e. The summed E-state index contributed by atoms with van der Waals surface area (Å²) < 4.78 is 6.78. The number of benzene rings is 2. The maximum absolute atomic E-state index is 12.8. The van der Waals surface area contributed by atoms with Gasteiger partial charge in [-0.25, -0.2) is 0 Å². The van der Waals surface area contributed by atoms with Gasteiger partial charge in [-0.15, -0.1) is 0 Å². The molecule has 0 aliphatic rings. The van der Waals surface area contributed by atoms with Crippen molar-refractivity contribution >= 4 is 16.9 Å². The highest BCUT2D eigenvalue weighted by Gasteiger charge is 2.10. The third kappa shape index (κ3) is 4.64. The minimum Gasteiger partial charge on any atom is -0.466 e. The number of ether oxygens (including phenoxy) is 1. The van der Waals surface area contributed by atoms with Gasteiger partial charge in [-0.05, 0) is 37.0 Å². The molecule has 0 saturated heterocycles. The van der Waals surface area contributed by atoms with Crippen molar-refractivity contribution in [2.75, 3.05) is 6.61 Å². The highest BCUT2D eigenvalue weighted by molar-refractivity contribution is 5.94. The zero-order chi connectivity index (χ0) is 19.1. The van der Waals surface area contributed by atoms with Gasteiger partial charge in [0.05, 0.1) is 12.1 Å². The van der Waals surface area contributed by atoms with Gasteiger partial charge < -0.3 is 9.30 Å². The van der Waals surface area contributed by atoms with Crippen molar-refractivity contribution in [3.63, 3.8) is 0 Å². The van der Waals surface area contributed by atoms with Gasteiger partial charge in [0.15, 0.2) is 0 Å². The Morgan fingerprint density at radius 1 is 0.963 bits per heavy atom. The van der Waals surface area contributed by atoms with E-state index in [9.17, 15) is 9.59 Å². The van der Waals surface area contributed by atoms with E-state index >= 15 is 0 Å². The van der Waals surface area contributed by atoms with Gasteiger partial charge in [-0.1, -0.05) is 55.0 Å². The molecule has 0 amide bonds. The van der Waals surface area contributed by atoms with Gasteiger partial charge in [-0.3, -0.25) is 9.59 Å². The average Bonchev–Trinajstić information content (AvgIpc) is 2.69. The molecule has 0 fully saturated rings. The number of fused-ring (bicyclic) bond motifs is 1. The van der Waals surface area contributed by atoms with Crippen molar-refractivity contribution in [3.8, 4) is 11.1 Å². The molecule has 0 saturated carbocycles. The molecule has 0 radical (unpaired) electrons. The number of pyridine rings is 1. The summed E-state index contributed by atoms with van der Waals surface area (Å²) in [5.41, 5.74) is 2.98. The van der Waals surface area contributed by atoms with Gasteiger partial charge in [0.2, 0.25) is 0 Å². The Kier molecular flexibility index (Phi) is 6.42. The fourth-order valence-electron chi connectivity index (χ4n) is 3.37. The van der Waals surface area contributed by atoms with Crippen LogP contribution in [0, 0.1) is 0 Å². The van der Waals surface area contributed by atoms with E-state index in [-0.39, 0.29) is 11.5 Å². The molecule has 140 valence electrons. The van der Waals surface area contributed by atoms with Crippen LogP contribution in [0.15, 0.2) is 65.5 Å². The number of carbonyl (C=O) groups is 1. The molecule has 27 heavy (non-hydrogen) atoms. The highest BCUT2D eigenvalue weighted by Crippen LogP contribution is 2.27. The van der Waals surface area contributed by atoms with Crippen LogP contribution in [0.3, 0.4) is 0 Å². The molecule has 0 aliphatic carbocycles. The SMILES string of the molecule is CCOC(=O)CCCCCn1c(=O)cc(-c2ccccc2)c2ccccc21. The smallest absolute Gasteiger partial charge is 0.305 e. The van der Waals surface area contributed by atoms with Crippen LogP contribution in [0.1, 0.15) is 32.6 Å². The fourth-order valence-corrected chi connectivity index (χ4v) is 3.37. The quantitative estimate of drug-likeness (QED) is 0.427. The number of unbranched alkanes of at least 4 members (excludes halogenated alkanes) is 2.